The van der Waals surface area contributed by atoms with Crippen molar-refractivity contribution in [1.29, 1.82) is 5.26 Å². The lowest BCUT2D eigenvalue weighted by molar-refractivity contribution is 0.0953. The van der Waals surface area contributed by atoms with Gasteiger partial charge in [-0.25, -0.2) is 9.48 Å². The lowest BCUT2D eigenvalue weighted by atomic mass is 10.0. The van der Waals surface area contributed by atoms with E-state index in [2.05, 4.69) is 15.7 Å². The van der Waals surface area contributed by atoms with Crippen molar-refractivity contribution in [2.75, 3.05) is 11.9 Å². The first kappa shape index (κ1) is 21.1. The fraction of sp³-hybridized carbons (Fsp3) is 0.0952. The van der Waals surface area contributed by atoms with Gasteiger partial charge < -0.3 is 22.1 Å². The second kappa shape index (κ2) is 9.23. The molecule has 3 rings (SSSR count). The number of hydrogen-bond donors (Lipinski definition) is 4. The molecule has 0 aliphatic heterocycles. The van der Waals surface area contributed by atoms with Crippen LogP contribution in [0.15, 0.2) is 54.7 Å². The molecular weight excluding hydrogens is 398 g/mol. The van der Waals surface area contributed by atoms with Gasteiger partial charge in [-0.05, 0) is 35.4 Å². The van der Waals surface area contributed by atoms with Crippen molar-refractivity contribution in [2.24, 2.45) is 11.5 Å². The van der Waals surface area contributed by atoms with Crippen LogP contribution in [0.1, 0.15) is 27.3 Å². The Labute approximate surface area is 177 Å². The molecule has 0 aliphatic carbocycles. The van der Waals surface area contributed by atoms with Crippen LogP contribution in [0, 0.1) is 11.3 Å². The number of aromatic nitrogens is 2. The number of urea groups is 1. The average Bonchev–Trinajstić information content (AvgIpc) is 3.17. The molecule has 6 N–H and O–H groups in total. The summed E-state index contributed by atoms with van der Waals surface area (Å²) >= 11 is 0. The van der Waals surface area contributed by atoms with Crippen LogP contribution < -0.4 is 22.1 Å². The topological polar surface area (TPSA) is 169 Å². The Morgan fingerprint density at radius 2 is 1.81 bits per heavy atom. The average molecular weight is 417 g/mol. The van der Waals surface area contributed by atoms with Crippen molar-refractivity contribution in [2.45, 2.75) is 6.42 Å². The van der Waals surface area contributed by atoms with E-state index in [0.29, 0.717) is 17.8 Å². The first-order valence-electron chi connectivity index (χ1n) is 9.21. The summed E-state index contributed by atoms with van der Waals surface area (Å²) in [6.07, 6.45) is 1.69. The maximum absolute atomic E-state index is 12.1. The number of hydrogen-bond acceptors (Lipinski definition) is 5. The molecule has 10 nitrogen and oxygen atoms in total. The van der Waals surface area contributed by atoms with Gasteiger partial charge in [0.25, 0.3) is 11.8 Å². The van der Waals surface area contributed by atoms with Crippen LogP contribution in [-0.2, 0) is 0 Å². The van der Waals surface area contributed by atoms with Crippen LogP contribution in [-0.4, -0.2) is 34.2 Å². The lowest BCUT2D eigenvalue weighted by Crippen LogP contribution is -2.24. The molecule has 3 aromatic rings. The minimum Gasteiger partial charge on any atom is -0.364 e. The van der Waals surface area contributed by atoms with Gasteiger partial charge in [-0.1, -0.05) is 24.3 Å². The predicted molar refractivity (Wildman–Crippen MR) is 113 cm³/mol. The molecule has 31 heavy (non-hydrogen) atoms. The van der Waals surface area contributed by atoms with E-state index in [1.807, 2.05) is 18.2 Å². The highest BCUT2D eigenvalue weighted by Crippen LogP contribution is 2.24. The summed E-state index contributed by atoms with van der Waals surface area (Å²) in [5.74, 6) is -1.05. The van der Waals surface area contributed by atoms with E-state index in [0.717, 1.165) is 11.1 Å². The van der Waals surface area contributed by atoms with Gasteiger partial charge >= 0.3 is 6.03 Å². The summed E-state index contributed by atoms with van der Waals surface area (Å²) in [4.78, 5) is 34.8. The number of primary amides is 2. The minimum atomic E-state index is -0.840. The molecule has 1 heterocycles. The number of benzene rings is 2. The molecule has 156 valence electrons. The van der Waals surface area contributed by atoms with E-state index in [1.54, 1.807) is 36.4 Å². The minimum absolute atomic E-state index is 0.108. The molecule has 2 aromatic carbocycles. The summed E-state index contributed by atoms with van der Waals surface area (Å²) in [6, 6.07) is 15.4. The molecule has 0 bridgehead atoms. The van der Waals surface area contributed by atoms with Gasteiger partial charge in [0.15, 0.2) is 5.69 Å². The first-order chi connectivity index (χ1) is 14.9. The number of nitrogens with zero attached hydrogens (tertiary/aromatic N) is 3. The van der Waals surface area contributed by atoms with Crippen molar-refractivity contribution in [3.8, 4) is 22.9 Å². The molecule has 4 amide bonds. The van der Waals surface area contributed by atoms with Crippen molar-refractivity contribution in [3.63, 3.8) is 0 Å². The van der Waals surface area contributed by atoms with Gasteiger partial charge in [0.05, 0.1) is 30.1 Å². The number of carbonyl (C=O) groups excluding carboxylic acids is 3. The number of carbonyl (C=O) groups is 3. The number of nitrogens with one attached hydrogen (secondary N) is 2. The lowest BCUT2D eigenvalue weighted by Gasteiger charge is -2.07. The standard InChI is InChI=1S/C21H19N7O3/c22-9-2-10-25-20(30)14-7-5-13(6-8-14)15-3-1-4-16(11-15)28-12-17(26-21(24)31)18(27-28)19(23)29/h1,3-8,11-12H,2,10H2,(H2,23,29)(H,25,30)(H3,24,26,31). The van der Waals surface area contributed by atoms with Crippen LogP contribution >= 0.6 is 0 Å². The maximum atomic E-state index is 12.1. The van der Waals surface area contributed by atoms with E-state index >= 15 is 0 Å². The third kappa shape index (κ3) is 5.04. The van der Waals surface area contributed by atoms with Gasteiger partial charge in [0, 0.05) is 12.1 Å². The largest absolute Gasteiger partial charge is 0.364 e. The van der Waals surface area contributed by atoms with E-state index in [-0.39, 0.29) is 23.7 Å². The molecule has 10 heteroatoms. The van der Waals surface area contributed by atoms with Crippen LogP contribution in [0.2, 0.25) is 0 Å². The van der Waals surface area contributed by atoms with Crippen molar-refractivity contribution in [3.05, 3.63) is 66.0 Å². The monoisotopic (exact) mass is 417 g/mol. The summed E-state index contributed by atoms with van der Waals surface area (Å²) in [6.45, 7) is 0.295. The fourth-order valence-electron chi connectivity index (χ4n) is 2.89. The zero-order chi connectivity index (χ0) is 22.4. The van der Waals surface area contributed by atoms with E-state index in [9.17, 15) is 14.4 Å². The normalized spacial score (nSPS) is 10.2. The Kier molecular flexibility index (Phi) is 6.27. The van der Waals surface area contributed by atoms with Crippen LogP contribution in [0.4, 0.5) is 10.5 Å². The quantitative estimate of drug-likeness (QED) is 0.429. The highest BCUT2D eigenvalue weighted by molar-refractivity contribution is 6.00. The molecule has 0 saturated carbocycles. The summed E-state index contributed by atoms with van der Waals surface area (Å²) in [5, 5.41) is 17.7. The van der Waals surface area contributed by atoms with Crippen molar-refractivity contribution in [1.82, 2.24) is 15.1 Å². The maximum Gasteiger partial charge on any atom is 0.316 e. The third-order valence-electron chi connectivity index (χ3n) is 4.32. The van der Waals surface area contributed by atoms with E-state index in [4.69, 9.17) is 16.7 Å². The Morgan fingerprint density at radius 3 is 2.45 bits per heavy atom. The Hall–Kier alpha value is -4.65. The predicted octanol–water partition coefficient (Wildman–Crippen LogP) is 1.77. The molecule has 1 aromatic heterocycles. The first-order valence-corrected chi connectivity index (χ1v) is 9.21. The highest BCUT2D eigenvalue weighted by Gasteiger charge is 2.16. The van der Waals surface area contributed by atoms with Crippen LogP contribution in [0.5, 0.6) is 0 Å². The Balaban J connectivity index is 1.85. The summed E-state index contributed by atoms with van der Waals surface area (Å²) in [7, 11) is 0. The van der Waals surface area contributed by atoms with Gasteiger partial charge in [-0.15, -0.1) is 0 Å². The summed E-state index contributed by atoms with van der Waals surface area (Å²) in [5.41, 5.74) is 13.2. The van der Waals surface area contributed by atoms with Crippen LogP contribution in [0.25, 0.3) is 16.8 Å². The van der Waals surface area contributed by atoms with Crippen molar-refractivity contribution >= 4 is 23.5 Å². The third-order valence-corrected chi connectivity index (χ3v) is 4.32. The highest BCUT2D eigenvalue weighted by atomic mass is 16.2. The van der Waals surface area contributed by atoms with Gasteiger partial charge in [0.1, 0.15) is 0 Å². The number of amides is 4. The van der Waals surface area contributed by atoms with E-state index < -0.39 is 11.9 Å². The molecule has 0 atom stereocenters. The number of rotatable bonds is 7. The smallest absolute Gasteiger partial charge is 0.316 e. The number of nitrogens with two attached hydrogens (primary N) is 2. The SMILES string of the molecule is N#CCCNC(=O)c1ccc(-c2cccc(-n3cc(NC(N)=O)c(C(N)=O)n3)c2)cc1. The Morgan fingerprint density at radius 1 is 1.06 bits per heavy atom. The van der Waals surface area contributed by atoms with Gasteiger partial charge in [0.2, 0.25) is 0 Å². The fourth-order valence-corrected chi connectivity index (χ4v) is 2.89. The molecule has 0 fully saturated rings. The van der Waals surface area contributed by atoms with Crippen molar-refractivity contribution < 1.29 is 14.4 Å². The molecule has 0 aliphatic rings. The number of anilines is 1. The second-order valence-electron chi connectivity index (χ2n) is 6.48. The zero-order valence-electron chi connectivity index (χ0n) is 16.3. The molecule has 0 radical (unpaired) electrons. The van der Waals surface area contributed by atoms with Crippen LogP contribution in [0.3, 0.4) is 0 Å². The second-order valence-corrected chi connectivity index (χ2v) is 6.48. The molecule has 0 saturated heterocycles. The summed E-state index contributed by atoms with van der Waals surface area (Å²) < 4.78 is 1.41. The number of nitriles is 1. The Bertz CT molecular complexity index is 1180. The molecule has 0 unspecified atom stereocenters. The van der Waals surface area contributed by atoms with Gasteiger partial charge in [-0.2, -0.15) is 10.4 Å². The molecular formula is C21H19N7O3. The zero-order valence-corrected chi connectivity index (χ0v) is 16.3. The van der Waals surface area contributed by atoms with Gasteiger partial charge in [-0.3, -0.25) is 9.59 Å². The van der Waals surface area contributed by atoms with E-state index in [1.165, 1.54) is 10.9 Å². The molecule has 0 spiro atoms.